The Labute approximate surface area is 414 Å². The van der Waals surface area contributed by atoms with Crippen molar-refractivity contribution < 1.29 is 28.6 Å². The smallest absolute Gasteiger partial charge is 0.306 e. The highest BCUT2D eigenvalue weighted by molar-refractivity contribution is 5.71. The van der Waals surface area contributed by atoms with Crippen LogP contribution in [0.15, 0.2) is 85.1 Å². The van der Waals surface area contributed by atoms with Gasteiger partial charge in [-0.05, 0) is 96.3 Å². The third-order valence-electron chi connectivity index (χ3n) is 11.9. The van der Waals surface area contributed by atoms with Crippen LogP contribution in [-0.2, 0) is 28.6 Å². The Kier molecular flexibility index (Phi) is 52.4. The van der Waals surface area contributed by atoms with Gasteiger partial charge in [-0.15, -0.1) is 0 Å². The first kappa shape index (κ1) is 63.6. The normalized spacial score (nSPS) is 12.7. The molecule has 0 amide bonds. The zero-order chi connectivity index (χ0) is 48.6. The Morgan fingerprint density at radius 3 is 0.925 bits per heavy atom. The number of esters is 3. The lowest BCUT2D eigenvalue weighted by molar-refractivity contribution is -0.167. The highest BCUT2D eigenvalue weighted by Gasteiger charge is 2.19. The van der Waals surface area contributed by atoms with E-state index in [1.807, 2.05) is 0 Å². The lowest BCUT2D eigenvalue weighted by Gasteiger charge is -2.18. The lowest BCUT2D eigenvalue weighted by Crippen LogP contribution is -2.30. The molecule has 0 aromatic rings. The van der Waals surface area contributed by atoms with E-state index in [1.165, 1.54) is 103 Å². The number of unbranched alkanes of at least 4 members (excludes halogenated alkanes) is 25. The summed E-state index contributed by atoms with van der Waals surface area (Å²) in [6, 6.07) is 0. The monoisotopic (exact) mass is 933 g/mol. The maximum Gasteiger partial charge on any atom is 0.306 e. The van der Waals surface area contributed by atoms with Crippen molar-refractivity contribution in [2.45, 2.75) is 271 Å². The summed E-state index contributed by atoms with van der Waals surface area (Å²) in [5.74, 6) is -0.905. The van der Waals surface area contributed by atoms with E-state index in [0.717, 1.165) is 122 Å². The van der Waals surface area contributed by atoms with Crippen LogP contribution in [0, 0.1) is 0 Å². The van der Waals surface area contributed by atoms with Crippen molar-refractivity contribution in [3.8, 4) is 0 Å². The van der Waals surface area contributed by atoms with Crippen molar-refractivity contribution in [1.82, 2.24) is 0 Å². The van der Waals surface area contributed by atoms with Gasteiger partial charge in [-0.1, -0.05) is 234 Å². The zero-order valence-corrected chi connectivity index (χ0v) is 43.9. The van der Waals surface area contributed by atoms with Gasteiger partial charge in [0.25, 0.3) is 0 Å². The predicted molar refractivity (Wildman–Crippen MR) is 288 cm³/mol. The minimum Gasteiger partial charge on any atom is -0.462 e. The van der Waals surface area contributed by atoms with Gasteiger partial charge in [-0.3, -0.25) is 14.4 Å². The second kappa shape index (κ2) is 55.2. The Balaban J connectivity index is 4.31. The van der Waals surface area contributed by atoms with Gasteiger partial charge in [0.15, 0.2) is 6.10 Å². The quantitative estimate of drug-likeness (QED) is 0.0262. The summed E-state index contributed by atoms with van der Waals surface area (Å²) < 4.78 is 16.8. The van der Waals surface area contributed by atoms with Crippen LogP contribution in [0.1, 0.15) is 265 Å². The topological polar surface area (TPSA) is 78.9 Å². The molecule has 0 spiro atoms. The predicted octanol–water partition coefficient (Wildman–Crippen LogP) is 18.8. The van der Waals surface area contributed by atoms with Crippen molar-refractivity contribution in [3.05, 3.63) is 85.1 Å². The third-order valence-corrected chi connectivity index (χ3v) is 11.9. The molecule has 0 saturated carbocycles. The standard InChI is InChI=1S/C61H104O6/c1-4-7-10-13-16-19-22-24-26-27-28-29-30-31-32-33-34-35-36-38-39-42-45-48-51-54-60(63)66-57-58(56-65-59(62)53-50-47-44-41-21-18-15-12-9-6-3)67-61(64)55-52-49-46-43-40-37-25-23-20-17-14-11-8-5-2/h7,10,16,19,23-26,28-29,31-32,34-35,58H,4-6,8-9,11-15,17-18,20-22,27,30,33,36-57H2,1-3H3/b10-7-,19-16-,25-23-,26-24-,29-28-,32-31-,35-34-. The molecule has 0 saturated heterocycles. The van der Waals surface area contributed by atoms with Crippen LogP contribution in [0.4, 0.5) is 0 Å². The molecule has 384 valence electrons. The molecule has 0 aromatic carbocycles. The maximum atomic E-state index is 12.8. The fourth-order valence-corrected chi connectivity index (χ4v) is 7.68. The van der Waals surface area contributed by atoms with E-state index in [1.54, 1.807) is 0 Å². The van der Waals surface area contributed by atoms with Gasteiger partial charge in [0.2, 0.25) is 0 Å². The molecule has 67 heavy (non-hydrogen) atoms. The molecule has 1 unspecified atom stereocenters. The van der Waals surface area contributed by atoms with Crippen molar-refractivity contribution in [2.75, 3.05) is 13.2 Å². The van der Waals surface area contributed by atoms with Crippen molar-refractivity contribution in [3.63, 3.8) is 0 Å². The van der Waals surface area contributed by atoms with Crippen LogP contribution in [0.25, 0.3) is 0 Å². The van der Waals surface area contributed by atoms with E-state index >= 15 is 0 Å². The Morgan fingerprint density at radius 2 is 0.582 bits per heavy atom. The lowest BCUT2D eigenvalue weighted by atomic mass is 10.1. The van der Waals surface area contributed by atoms with Gasteiger partial charge in [0.1, 0.15) is 13.2 Å². The van der Waals surface area contributed by atoms with Gasteiger partial charge in [-0.25, -0.2) is 0 Å². The van der Waals surface area contributed by atoms with Gasteiger partial charge < -0.3 is 14.2 Å². The number of allylic oxidation sites excluding steroid dienone is 14. The molecule has 0 fully saturated rings. The fourth-order valence-electron chi connectivity index (χ4n) is 7.68. The summed E-state index contributed by atoms with van der Waals surface area (Å²) in [4.78, 5) is 38.0. The summed E-state index contributed by atoms with van der Waals surface area (Å²) in [6.45, 7) is 6.49. The average molecular weight is 933 g/mol. The molecule has 0 rings (SSSR count). The van der Waals surface area contributed by atoms with Crippen LogP contribution in [0.3, 0.4) is 0 Å². The van der Waals surface area contributed by atoms with Crippen LogP contribution in [-0.4, -0.2) is 37.2 Å². The van der Waals surface area contributed by atoms with E-state index < -0.39 is 6.10 Å². The Hall–Kier alpha value is -3.41. The largest absolute Gasteiger partial charge is 0.462 e. The van der Waals surface area contributed by atoms with Crippen molar-refractivity contribution in [2.24, 2.45) is 0 Å². The molecule has 1 atom stereocenters. The van der Waals surface area contributed by atoms with Gasteiger partial charge in [-0.2, -0.15) is 0 Å². The van der Waals surface area contributed by atoms with E-state index in [4.69, 9.17) is 14.2 Å². The highest BCUT2D eigenvalue weighted by atomic mass is 16.6. The molecule has 0 N–H and O–H groups in total. The van der Waals surface area contributed by atoms with Crippen molar-refractivity contribution in [1.29, 1.82) is 0 Å². The fraction of sp³-hybridized carbons (Fsp3) is 0.721. The molecular formula is C61H104O6. The van der Waals surface area contributed by atoms with Crippen LogP contribution < -0.4 is 0 Å². The third kappa shape index (κ3) is 53.4. The summed E-state index contributed by atoms with van der Waals surface area (Å²) in [7, 11) is 0. The van der Waals surface area contributed by atoms with E-state index in [2.05, 4.69) is 106 Å². The second-order valence-corrected chi connectivity index (χ2v) is 18.5. The van der Waals surface area contributed by atoms with Crippen molar-refractivity contribution >= 4 is 17.9 Å². The van der Waals surface area contributed by atoms with E-state index in [0.29, 0.717) is 19.3 Å². The minimum absolute atomic E-state index is 0.0829. The molecule has 0 bridgehead atoms. The summed E-state index contributed by atoms with van der Waals surface area (Å²) in [5, 5.41) is 0. The van der Waals surface area contributed by atoms with Gasteiger partial charge in [0.05, 0.1) is 0 Å². The van der Waals surface area contributed by atoms with Crippen LogP contribution >= 0.6 is 0 Å². The maximum absolute atomic E-state index is 12.8. The SMILES string of the molecule is CC/C=C\C/C=C\C/C=C\C/C=C\C/C=C\C/C=C\CCCCCCCCC(=O)OCC(COC(=O)CCCCCCCCCCCC)OC(=O)CCCCCCC/C=C\CCCCCCC. The molecule has 0 heterocycles. The number of carbonyl (C=O) groups excluding carboxylic acids is 3. The molecule has 0 radical (unpaired) electrons. The summed E-state index contributed by atoms with van der Waals surface area (Å²) in [5.41, 5.74) is 0. The van der Waals surface area contributed by atoms with Crippen LogP contribution in [0.5, 0.6) is 0 Å². The molecule has 0 aromatic heterocycles. The Bertz CT molecular complexity index is 1300. The molecule has 0 aliphatic carbocycles. The number of carbonyl (C=O) groups is 3. The molecular weight excluding hydrogens is 829 g/mol. The molecule has 0 aliphatic heterocycles. The number of hydrogen-bond acceptors (Lipinski definition) is 6. The average Bonchev–Trinajstić information content (AvgIpc) is 3.33. The number of rotatable bonds is 50. The first-order chi connectivity index (χ1) is 33.0. The minimum atomic E-state index is -0.785. The zero-order valence-electron chi connectivity index (χ0n) is 43.9. The summed E-state index contributed by atoms with van der Waals surface area (Å²) in [6.07, 6.45) is 71.4. The Morgan fingerprint density at radius 1 is 0.313 bits per heavy atom. The number of hydrogen-bond donors (Lipinski definition) is 0. The highest BCUT2D eigenvalue weighted by Crippen LogP contribution is 2.14. The first-order valence-corrected chi connectivity index (χ1v) is 28.1. The first-order valence-electron chi connectivity index (χ1n) is 28.1. The van der Waals surface area contributed by atoms with E-state index in [9.17, 15) is 14.4 Å². The van der Waals surface area contributed by atoms with Gasteiger partial charge in [0, 0.05) is 19.3 Å². The van der Waals surface area contributed by atoms with Crippen LogP contribution in [0.2, 0.25) is 0 Å². The molecule has 0 aliphatic rings. The molecule has 6 nitrogen and oxygen atoms in total. The summed E-state index contributed by atoms with van der Waals surface area (Å²) >= 11 is 0. The number of ether oxygens (including phenoxy) is 3. The second-order valence-electron chi connectivity index (χ2n) is 18.5. The van der Waals surface area contributed by atoms with E-state index in [-0.39, 0.29) is 31.1 Å². The van der Waals surface area contributed by atoms with Gasteiger partial charge >= 0.3 is 17.9 Å². The molecule has 6 heteroatoms.